The van der Waals surface area contributed by atoms with Gasteiger partial charge in [0.15, 0.2) is 23.2 Å². The van der Waals surface area contributed by atoms with E-state index < -0.39 is 0 Å². The van der Waals surface area contributed by atoms with Gasteiger partial charge in [0.05, 0.1) is 22.8 Å². The lowest BCUT2D eigenvalue weighted by Gasteiger charge is -2.14. The van der Waals surface area contributed by atoms with Gasteiger partial charge in [0.2, 0.25) is 0 Å². The van der Waals surface area contributed by atoms with Crippen LogP contribution in [0, 0.1) is 0 Å². The Balaban J connectivity index is 1.54. The number of aryl methyl sites for hydroxylation is 1. The van der Waals surface area contributed by atoms with E-state index >= 15 is 0 Å². The predicted octanol–water partition coefficient (Wildman–Crippen LogP) is 4.10. The number of fused-ring (bicyclic) bond motifs is 1. The molecule has 0 aliphatic heterocycles. The minimum Gasteiger partial charge on any atom is -0.450 e. The molecule has 0 saturated carbocycles. The first-order valence-electron chi connectivity index (χ1n) is 9.03. The molecule has 28 heavy (non-hydrogen) atoms. The minimum absolute atomic E-state index is 0.00444. The minimum atomic E-state index is 0.00444. The molecule has 0 aliphatic rings. The fourth-order valence-electron chi connectivity index (χ4n) is 3.45. The second-order valence-electron chi connectivity index (χ2n) is 6.62. The Morgan fingerprint density at radius 1 is 0.929 bits per heavy atom. The molecule has 1 aromatic carbocycles. The summed E-state index contributed by atoms with van der Waals surface area (Å²) < 4.78 is 10.2. The van der Waals surface area contributed by atoms with Crippen molar-refractivity contribution >= 4 is 11.0 Å². The average molecular weight is 370 g/mol. The average Bonchev–Trinajstić information content (AvgIpc) is 3.47. The Hall–Kier alpha value is -3.74. The second-order valence-corrected chi connectivity index (χ2v) is 6.62. The van der Waals surface area contributed by atoms with E-state index in [0.29, 0.717) is 11.5 Å². The largest absolute Gasteiger partial charge is 0.450 e. The first kappa shape index (κ1) is 16.4. The normalized spacial score (nSPS) is 12.5. The van der Waals surface area contributed by atoms with Crippen molar-refractivity contribution in [1.29, 1.82) is 0 Å². The summed E-state index contributed by atoms with van der Waals surface area (Å²) in [6.45, 7) is 2.07. The van der Waals surface area contributed by atoms with E-state index in [1.807, 2.05) is 64.8 Å². The molecule has 4 heterocycles. The van der Waals surface area contributed by atoms with Crippen LogP contribution in [0.5, 0.6) is 0 Å². The van der Waals surface area contributed by atoms with Crippen molar-refractivity contribution in [3.63, 3.8) is 0 Å². The fraction of sp³-hybridized carbons (Fsp3) is 0.143. The van der Waals surface area contributed by atoms with Crippen LogP contribution in [-0.4, -0.2) is 29.1 Å². The number of hydrogen-bond donors (Lipinski definition) is 0. The third-order valence-corrected chi connectivity index (χ3v) is 4.95. The Bertz CT molecular complexity index is 1250. The van der Waals surface area contributed by atoms with Gasteiger partial charge in [-0.15, -0.1) is 0 Å². The first-order valence-corrected chi connectivity index (χ1v) is 9.03. The summed E-state index contributed by atoms with van der Waals surface area (Å²) in [5.74, 6) is 2.93. The molecule has 4 aromatic heterocycles. The van der Waals surface area contributed by atoms with Gasteiger partial charge in [0.1, 0.15) is 6.33 Å². The van der Waals surface area contributed by atoms with Crippen LogP contribution in [0.15, 0.2) is 71.8 Å². The highest BCUT2D eigenvalue weighted by Gasteiger charge is 2.19. The zero-order chi connectivity index (χ0) is 19.1. The standard InChI is InChI=1S/C21H18N6O/c1-14(15-9-10-22-13-24-15)27-12-11-23-20(27)18-7-8-19(28-18)21-25-16-5-3-4-6-17(16)26(21)2/h3-14H,1-2H3. The fourth-order valence-corrected chi connectivity index (χ4v) is 3.45. The molecule has 0 aliphatic carbocycles. The van der Waals surface area contributed by atoms with Gasteiger partial charge in [0, 0.05) is 25.6 Å². The molecule has 0 N–H and O–H groups in total. The van der Waals surface area contributed by atoms with Crippen LogP contribution >= 0.6 is 0 Å². The Morgan fingerprint density at radius 2 is 1.75 bits per heavy atom. The topological polar surface area (TPSA) is 74.6 Å². The molecule has 5 rings (SSSR count). The number of imidazole rings is 2. The van der Waals surface area contributed by atoms with E-state index in [0.717, 1.165) is 28.4 Å². The van der Waals surface area contributed by atoms with Crippen LogP contribution in [-0.2, 0) is 7.05 Å². The SMILES string of the molecule is CC(c1ccncn1)n1ccnc1-c1ccc(-c2nc3ccccc3n2C)o1. The molecule has 7 heteroatoms. The zero-order valence-corrected chi connectivity index (χ0v) is 15.5. The Morgan fingerprint density at radius 3 is 2.54 bits per heavy atom. The Kier molecular flexibility index (Phi) is 3.79. The van der Waals surface area contributed by atoms with Crippen molar-refractivity contribution < 1.29 is 4.42 Å². The number of benzene rings is 1. The van der Waals surface area contributed by atoms with Gasteiger partial charge in [-0.1, -0.05) is 12.1 Å². The molecule has 0 fully saturated rings. The van der Waals surface area contributed by atoms with Crippen LogP contribution in [0.2, 0.25) is 0 Å². The van der Waals surface area contributed by atoms with Crippen LogP contribution in [0.1, 0.15) is 18.7 Å². The molecular weight excluding hydrogens is 352 g/mol. The van der Waals surface area contributed by atoms with E-state index in [-0.39, 0.29) is 6.04 Å². The molecule has 0 saturated heterocycles. The lowest BCUT2D eigenvalue weighted by molar-refractivity contribution is 0.562. The highest BCUT2D eigenvalue weighted by atomic mass is 16.3. The molecule has 0 radical (unpaired) electrons. The number of hydrogen-bond acceptors (Lipinski definition) is 5. The van der Waals surface area contributed by atoms with Gasteiger partial charge in [-0.25, -0.2) is 19.9 Å². The van der Waals surface area contributed by atoms with Crippen molar-refractivity contribution in [2.45, 2.75) is 13.0 Å². The monoisotopic (exact) mass is 370 g/mol. The van der Waals surface area contributed by atoms with Crippen LogP contribution in [0.25, 0.3) is 34.2 Å². The van der Waals surface area contributed by atoms with Crippen molar-refractivity contribution in [3.8, 4) is 23.2 Å². The summed E-state index contributed by atoms with van der Waals surface area (Å²) in [4.78, 5) is 17.6. The van der Waals surface area contributed by atoms with Gasteiger partial charge < -0.3 is 13.6 Å². The summed E-state index contributed by atoms with van der Waals surface area (Å²) in [5, 5.41) is 0. The highest BCUT2D eigenvalue weighted by Crippen LogP contribution is 2.31. The predicted molar refractivity (Wildman–Crippen MR) is 105 cm³/mol. The second kappa shape index (κ2) is 6.45. The number of furan rings is 1. The summed E-state index contributed by atoms with van der Waals surface area (Å²) in [6, 6.07) is 13.8. The molecule has 0 bridgehead atoms. The lowest BCUT2D eigenvalue weighted by atomic mass is 10.2. The van der Waals surface area contributed by atoms with Gasteiger partial charge in [-0.3, -0.25) is 0 Å². The maximum absolute atomic E-state index is 6.15. The number of rotatable bonds is 4. The summed E-state index contributed by atoms with van der Waals surface area (Å²) in [5.41, 5.74) is 2.92. The van der Waals surface area contributed by atoms with Gasteiger partial charge in [-0.05, 0) is 37.3 Å². The van der Waals surface area contributed by atoms with Crippen LogP contribution < -0.4 is 0 Å². The summed E-state index contributed by atoms with van der Waals surface area (Å²) >= 11 is 0. The van der Waals surface area contributed by atoms with Crippen molar-refractivity contribution in [2.24, 2.45) is 7.05 Å². The third-order valence-electron chi connectivity index (χ3n) is 4.95. The van der Waals surface area contributed by atoms with Gasteiger partial charge in [0.25, 0.3) is 0 Å². The van der Waals surface area contributed by atoms with E-state index in [1.165, 1.54) is 0 Å². The molecule has 5 aromatic rings. The van der Waals surface area contributed by atoms with Crippen LogP contribution in [0.4, 0.5) is 0 Å². The molecular formula is C21H18N6O. The molecule has 1 unspecified atom stereocenters. The van der Waals surface area contributed by atoms with Crippen molar-refractivity contribution in [3.05, 3.63) is 73.1 Å². The molecule has 138 valence electrons. The molecule has 1 atom stereocenters. The summed E-state index contributed by atoms with van der Waals surface area (Å²) in [6.07, 6.45) is 7.00. The first-order chi connectivity index (χ1) is 13.7. The van der Waals surface area contributed by atoms with Crippen LogP contribution in [0.3, 0.4) is 0 Å². The smallest absolute Gasteiger partial charge is 0.177 e. The highest BCUT2D eigenvalue weighted by molar-refractivity contribution is 5.79. The van der Waals surface area contributed by atoms with Gasteiger partial charge in [-0.2, -0.15) is 0 Å². The zero-order valence-electron chi connectivity index (χ0n) is 15.5. The number of nitrogens with zero attached hydrogens (tertiary/aromatic N) is 6. The van der Waals surface area contributed by atoms with E-state index in [1.54, 1.807) is 18.7 Å². The lowest BCUT2D eigenvalue weighted by Crippen LogP contribution is -2.09. The van der Waals surface area contributed by atoms with Crippen molar-refractivity contribution in [1.82, 2.24) is 29.1 Å². The maximum atomic E-state index is 6.15. The molecule has 0 amide bonds. The van der Waals surface area contributed by atoms with Gasteiger partial charge >= 0.3 is 0 Å². The van der Waals surface area contributed by atoms with E-state index in [4.69, 9.17) is 9.40 Å². The van der Waals surface area contributed by atoms with Crippen molar-refractivity contribution in [2.75, 3.05) is 0 Å². The van der Waals surface area contributed by atoms with E-state index in [9.17, 15) is 0 Å². The van der Waals surface area contributed by atoms with E-state index in [2.05, 4.69) is 21.9 Å². The molecule has 0 spiro atoms. The number of para-hydroxylation sites is 2. The molecule has 7 nitrogen and oxygen atoms in total. The Labute approximate surface area is 161 Å². The third kappa shape index (κ3) is 2.60. The summed E-state index contributed by atoms with van der Waals surface area (Å²) in [7, 11) is 1.99. The maximum Gasteiger partial charge on any atom is 0.177 e. The quantitative estimate of drug-likeness (QED) is 0.476. The number of aromatic nitrogens is 6.